The van der Waals surface area contributed by atoms with E-state index in [1.54, 1.807) is 19.2 Å². The van der Waals surface area contributed by atoms with Crippen LogP contribution in [0.5, 0.6) is 0 Å². The van der Waals surface area contributed by atoms with Crippen molar-refractivity contribution in [3.05, 3.63) is 23.8 Å². The average molecular weight is 277 g/mol. The highest BCUT2D eigenvalue weighted by molar-refractivity contribution is 5.95. The molecule has 20 heavy (non-hydrogen) atoms. The molecule has 0 atom stereocenters. The highest BCUT2D eigenvalue weighted by Gasteiger charge is 2.26. The Labute approximate surface area is 117 Å². The molecule has 0 radical (unpaired) electrons. The van der Waals surface area contributed by atoms with Gasteiger partial charge in [-0.05, 0) is 31.0 Å². The van der Waals surface area contributed by atoms with Crippen LogP contribution in [0.15, 0.2) is 18.2 Å². The van der Waals surface area contributed by atoms with Crippen LogP contribution in [-0.2, 0) is 4.79 Å². The number of nitrogens with zero attached hydrogens (tertiary/aromatic N) is 1. The molecule has 1 fully saturated rings. The van der Waals surface area contributed by atoms with Gasteiger partial charge in [-0.15, -0.1) is 0 Å². The quantitative estimate of drug-likeness (QED) is 0.714. The molecule has 1 saturated heterocycles. The summed E-state index contributed by atoms with van der Waals surface area (Å²) in [5.41, 5.74) is 7.17. The number of carboxylic acids is 1. The molecule has 6 heteroatoms. The maximum absolute atomic E-state index is 11.6. The molecule has 1 aromatic carbocycles. The lowest BCUT2D eigenvalue weighted by Gasteiger charge is -2.33. The maximum Gasteiger partial charge on any atom is 0.337 e. The van der Waals surface area contributed by atoms with E-state index in [-0.39, 0.29) is 17.4 Å². The molecule has 2 rings (SSSR count). The van der Waals surface area contributed by atoms with Crippen LogP contribution in [0.1, 0.15) is 23.2 Å². The zero-order chi connectivity index (χ0) is 14.7. The van der Waals surface area contributed by atoms with Crippen LogP contribution in [0.3, 0.4) is 0 Å². The van der Waals surface area contributed by atoms with E-state index in [0.29, 0.717) is 37.3 Å². The highest BCUT2D eigenvalue weighted by Crippen LogP contribution is 2.28. The van der Waals surface area contributed by atoms with Crippen molar-refractivity contribution in [3.8, 4) is 0 Å². The van der Waals surface area contributed by atoms with Crippen LogP contribution in [0.25, 0.3) is 0 Å². The zero-order valence-electron chi connectivity index (χ0n) is 11.4. The van der Waals surface area contributed by atoms with Crippen molar-refractivity contribution in [2.24, 2.45) is 5.92 Å². The molecule has 0 spiro atoms. The molecule has 0 unspecified atom stereocenters. The van der Waals surface area contributed by atoms with Crippen molar-refractivity contribution < 1.29 is 14.7 Å². The number of carboxylic acid groups (broad SMARTS) is 1. The van der Waals surface area contributed by atoms with Gasteiger partial charge in [0.25, 0.3) is 0 Å². The Hall–Kier alpha value is -2.24. The van der Waals surface area contributed by atoms with Gasteiger partial charge in [0.05, 0.1) is 11.3 Å². The van der Waals surface area contributed by atoms with Crippen molar-refractivity contribution in [1.29, 1.82) is 0 Å². The van der Waals surface area contributed by atoms with E-state index in [2.05, 4.69) is 5.32 Å². The molecule has 0 aliphatic carbocycles. The molecule has 0 saturated carbocycles. The van der Waals surface area contributed by atoms with Gasteiger partial charge in [-0.1, -0.05) is 0 Å². The van der Waals surface area contributed by atoms with E-state index in [1.165, 1.54) is 6.07 Å². The Kier molecular flexibility index (Phi) is 4.12. The Morgan fingerprint density at radius 2 is 2.00 bits per heavy atom. The molecule has 1 heterocycles. The second-order valence-corrected chi connectivity index (χ2v) is 4.96. The number of anilines is 2. The van der Waals surface area contributed by atoms with Crippen LogP contribution < -0.4 is 16.0 Å². The molecule has 0 aromatic heterocycles. The van der Waals surface area contributed by atoms with Crippen molar-refractivity contribution in [3.63, 3.8) is 0 Å². The Balaban J connectivity index is 2.16. The Morgan fingerprint density at radius 3 is 2.55 bits per heavy atom. The van der Waals surface area contributed by atoms with Crippen LogP contribution in [0.4, 0.5) is 11.4 Å². The summed E-state index contributed by atoms with van der Waals surface area (Å²) >= 11 is 0. The number of carbonyl (C=O) groups excluding carboxylic acids is 1. The van der Waals surface area contributed by atoms with Gasteiger partial charge in [-0.25, -0.2) is 4.79 Å². The van der Waals surface area contributed by atoms with E-state index in [9.17, 15) is 14.7 Å². The molecular weight excluding hydrogens is 258 g/mol. The molecule has 108 valence electrons. The third-order valence-electron chi connectivity index (χ3n) is 3.71. The van der Waals surface area contributed by atoms with Crippen molar-refractivity contribution in [1.82, 2.24) is 5.32 Å². The van der Waals surface area contributed by atoms with E-state index in [0.717, 1.165) is 0 Å². The van der Waals surface area contributed by atoms with Crippen LogP contribution in [-0.4, -0.2) is 37.1 Å². The highest BCUT2D eigenvalue weighted by atomic mass is 16.4. The predicted molar refractivity (Wildman–Crippen MR) is 76.8 cm³/mol. The summed E-state index contributed by atoms with van der Waals surface area (Å²) in [6.45, 7) is 1.31. The Bertz CT molecular complexity index is 522. The van der Waals surface area contributed by atoms with Crippen molar-refractivity contribution >= 4 is 23.3 Å². The zero-order valence-corrected chi connectivity index (χ0v) is 11.4. The first-order chi connectivity index (χ1) is 9.52. The molecule has 4 N–H and O–H groups in total. The third-order valence-corrected chi connectivity index (χ3v) is 3.71. The summed E-state index contributed by atoms with van der Waals surface area (Å²) in [6, 6.07) is 4.80. The van der Waals surface area contributed by atoms with Crippen molar-refractivity contribution in [2.75, 3.05) is 30.8 Å². The number of aromatic carboxylic acids is 1. The summed E-state index contributed by atoms with van der Waals surface area (Å²) in [5, 5.41) is 11.9. The van der Waals surface area contributed by atoms with Gasteiger partial charge in [0.15, 0.2) is 0 Å². The van der Waals surface area contributed by atoms with E-state index >= 15 is 0 Å². The van der Waals surface area contributed by atoms with E-state index in [1.807, 2.05) is 4.90 Å². The molecule has 1 aliphatic heterocycles. The second-order valence-electron chi connectivity index (χ2n) is 4.96. The van der Waals surface area contributed by atoms with Crippen LogP contribution >= 0.6 is 0 Å². The maximum atomic E-state index is 11.6. The second kappa shape index (κ2) is 5.81. The molecule has 0 bridgehead atoms. The van der Waals surface area contributed by atoms with E-state index in [4.69, 9.17) is 5.73 Å². The lowest BCUT2D eigenvalue weighted by molar-refractivity contribution is -0.125. The molecule has 1 aliphatic rings. The minimum atomic E-state index is -0.964. The van der Waals surface area contributed by atoms with Crippen LogP contribution in [0.2, 0.25) is 0 Å². The van der Waals surface area contributed by atoms with Gasteiger partial charge in [0.2, 0.25) is 5.91 Å². The number of nitrogen functional groups attached to an aromatic ring is 1. The fourth-order valence-electron chi connectivity index (χ4n) is 2.58. The number of hydrogen-bond acceptors (Lipinski definition) is 4. The topological polar surface area (TPSA) is 95.7 Å². The SMILES string of the molecule is CNC(=O)C1CCN(c2cc(N)ccc2C(=O)O)CC1. The number of piperidine rings is 1. The summed E-state index contributed by atoms with van der Waals surface area (Å²) < 4.78 is 0. The molecule has 1 amide bonds. The monoisotopic (exact) mass is 277 g/mol. The average Bonchev–Trinajstić information content (AvgIpc) is 2.46. The first-order valence-electron chi connectivity index (χ1n) is 6.62. The van der Waals surface area contributed by atoms with Gasteiger partial charge < -0.3 is 21.1 Å². The van der Waals surface area contributed by atoms with Crippen molar-refractivity contribution in [2.45, 2.75) is 12.8 Å². The van der Waals surface area contributed by atoms with Gasteiger partial charge in [0, 0.05) is 31.7 Å². The Morgan fingerprint density at radius 1 is 1.35 bits per heavy atom. The lowest BCUT2D eigenvalue weighted by atomic mass is 9.95. The van der Waals surface area contributed by atoms with Crippen LogP contribution in [0, 0.1) is 5.92 Å². The van der Waals surface area contributed by atoms with Gasteiger partial charge in [-0.3, -0.25) is 4.79 Å². The number of hydrogen-bond donors (Lipinski definition) is 3. The molecule has 6 nitrogen and oxygen atoms in total. The molecule has 1 aromatic rings. The summed E-state index contributed by atoms with van der Waals surface area (Å²) in [6.07, 6.45) is 1.43. The van der Waals surface area contributed by atoms with Gasteiger partial charge in [0.1, 0.15) is 0 Å². The minimum absolute atomic E-state index is 0.00517. The fraction of sp³-hybridized carbons (Fsp3) is 0.429. The first-order valence-corrected chi connectivity index (χ1v) is 6.62. The number of nitrogens with two attached hydrogens (primary N) is 1. The summed E-state index contributed by atoms with van der Waals surface area (Å²) in [7, 11) is 1.63. The largest absolute Gasteiger partial charge is 0.478 e. The lowest BCUT2D eigenvalue weighted by Crippen LogP contribution is -2.40. The number of amides is 1. The summed E-state index contributed by atoms with van der Waals surface area (Å²) in [4.78, 5) is 24.8. The smallest absolute Gasteiger partial charge is 0.337 e. The first kappa shape index (κ1) is 14.2. The number of rotatable bonds is 3. The normalized spacial score (nSPS) is 15.9. The number of benzene rings is 1. The molecular formula is C14H19N3O3. The van der Waals surface area contributed by atoms with Gasteiger partial charge in [-0.2, -0.15) is 0 Å². The summed E-state index contributed by atoms with van der Waals surface area (Å²) in [5.74, 6) is -0.908. The minimum Gasteiger partial charge on any atom is -0.478 e. The predicted octanol–water partition coefficient (Wildman–Crippen LogP) is 0.929. The number of carbonyl (C=O) groups is 2. The standard InChI is InChI=1S/C14H19N3O3/c1-16-13(18)9-4-6-17(7-5-9)12-8-10(15)2-3-11(12)14(19)20/h2-3,8-9H,4-7,15H2,1H3,(H,16,18)(H,19,20). The third kappa shape index (κ3) is 2.84. The fourth-order valence-corrected chi connectivity index (χ4v) is 2.58. The van der Waals surface area contributed by atoms with E-state index < -0.39 is 5.97 Å². The number of nitrogens with one attached hydrogen (secondary N) is 1. The van der Waals surface area contributed by atoms with Gasteiger partial charge >= 0.3 is 5.97 Å².